The normalized spacial score (nSPS) is 11.4. The standard InChI is InChI=1S/C9H8F3NO3/c10-9(11,12)7-1-2-13-3-6(7)4-16-5-8(14)15/h1-3H,4-5H2,(H,14,15). The minimum atomic E-state index is -4.50. The van der Waals surface area contributed by atoms with Gasteiger partial charge in [0.15, 0.2) is 0 Å². The Hall–Kier alpha value is -1.63. The van der Waals surface area contributed by atoms with Crippen molar-refractivity contribution in [2.75, 3.05) is 6.61 Å². The van der Waals surface area contributed by atoms with Crippen molar-refractivity contribution in [1.82, 2.24) is 4.98 Å². The first kappa shape index (κ1) is 12.4. The maximum absolute atomic E-state index is 12.4. The smallest absolute Gasteiger partial charge is 0.416 e. The molecule has 0 amide bonds. The highest BCUT2D eigenvalue weighted by atomic mass is 19.4. The number of ether oxygens (including phenoxy) is 1. The van der Waals surface area contributed by atoms with Crippen LogP contribution >= 0.6 is 0 Å². The van der Waals surface area contributed by atoms with Crippen LogP contribution in [0, 0.1) is 0 Å². The van der Waals surface area contributed by atoms with Gasteiger partial charge in [-0.3, -0.25) is 4.98 Å². The Morgan fingerprint density at radius 3 is 2.75 bits per heavy atom. The Bertz CT molecular complexity index is 379. The van der Waals surface area contributed by atoms with Crippen LogP contribution in [0.2, 0.25) is 0 Å². The molecule has 0 unspecified atom stereocenters. The van der Waals surface area contributed by atoms with Crippen molar-refractivity contribution in [2.45, 2.75) is 12.8 Å². The molecule has 0 aliphatic heterocycles. The zero-order chi connectivity index (χ0) is 12.2. The summed E-state index contributed by atoms with van der Waals surface area (Å²) >= 11 is 0. The van der Waals surface area contributed by atoms with E-state index in [1.54, 1.807) is 0 Å². The van der Waals surface area contributed by atoms with Gasteiger partial charge >= 0.3 is 12.1 Å². The summed E-state index contributed by atoms with van der Waals surface area (Å²) in [5.74, 6) is -1.24. The molecule has 1 heterocycles. The van der Waals surface area contributed by atoms with Crippen molar-refractivity contribution in [3.63, 3.8) is 0 Å². The first-order valence-corrected chi connectivity index (χ1v) is 4.21. The molecule has 88 valence electrons. The molecule has 7 heteroatoms. The second-order valence-corrected chi connectivity index (χ2v) is 2.92. The minimum absolute atomic E-state index is 0.184. The van der Waals surface area contributed by atoms with E-state index >= 15 is 0 Å². The monoisotopic (exact) mass is 235 g/mol. The number of carboxylic acids is 1. The number of pyridine rings is 1. The Labute approximate surface area is 88.7 Å². The summed E-state index contributed by atoms with van der Waals surface area (Å²) in [6.45, 7) is -1.08. The fraction of sp³-hybridized carbons (Fsp3) is 0.333. The molecule has 0 atom stereocenters. The van der Waals surface area contributed by atoms with Crippen LogP contribution in [-0.2, 0) is 22.3 Å². The number of hydrogen-bond acceptors (Lipinski definition) is 3. The molecule has 0 bridgehead atoms. The Kier molecular flexibility index (Phi) is 3.83. The molecule has 0 aliphatic carbocycles. The number of rotatable bonds is 4. The van der Waals surface area contributed by atoms with Crippen LogP contribution in [0.5, 0.6) is 0 Å². The molecule has 1 aromatic heterocycles. The number of alkyl halides is 3. The van der Waals surface area contributed by atoms with E-state index < -0.39 is 30.9 Å². The number of aliphatic carboxylic acids is 1. The molecule has 0 radical (unpaired) electrons. The van der Waals surface area contributed by atoms with Gasteiger partial charge in [0.05, 0.1) is 12.2 Å². The lowest BCUT2D eigenvalue weighted by Crippen LogP contribution is -2.12. The van der Waals surface area contributed by atoms with Gasteiger partial charge in [0, 0.05) is 18.0 Å². The lowest BCUT2D eigenvalue weighted by atomic mass is 10.1. The second kappa shape index (κ2) is 4.93. The second-order valence-electron chi connectivity index (χ2n) is 2.92. The number of aromatic nitrogens is 1. The van der Waals surface area contributed by atoms with E-state index in [4.69, 9.17) is 5.11 Å². The Balaban J connectivity index is 2.76. The Morgan fingerprint density at radius 1 is 1.50 bits per heavy atom. The average Bonchev–Trinajstić information content (AvgIpc) is 2.16. The third kappa shape index (κ3) is 3.50. The fourth-order valence-electron chi connectivity index (χ4n) is 1.07. The van der Waals surface area contributed by atoms with Crippen LogP contribution in [0.1, 0.15) is 11.1 Å². The van der Waals surface area contributed by atoms with E-state index in [1.807, 2.05) is 0 Å². The molecule has 1 N–H and O–H groups in total. The molecule has 0 saturated heterocycles. The lowest BCUT2D eigenvalue weighted by molar-refractivity contribution is -0.143. The largest absolute Gasteiger partial charge is 0.480 e. The quantitative estimate of drug-likeness (QED) is 0.862. The molecular formula is C9H8F3NO3. The van der Waals surface area contributed by atoms with E-state index in [9.17, 15) is 18.0 Å². The number of nitrogens with zero attached hydrogens (tertiary/aromatic N) is 1. The zero-order valence-electron chi connectivity index (χ0n) is 7.99. The van der Waals surface area contributed by atoms with Gasteiger partial charge in [-0.15, -0.1) is 0 Å². The molecule has 0 spiro atoms. The molecule has 1 aromatic rings. The van der Waals surface area contributed by atoms with E-state index in [0.29, 0.717) is 0 Å². The Morgan fingerprint density at radius 2 is 2.19 bits per heavy atom. The maximum atomic E-state index is 12.4. The predicted octanol–water partition coefficient (Wildman–Crippen LogP) is 1.70. The van der Waals surface area contributed by atoms with Crippen LogP contribution in [-0.4, -0.2) is 22.7 Å². The van der Waals surface area contributed by atoms with Gasteiger partial charge in [0.1, 0.15) is 6.61 Å². The molecule has 0 saturated carbocycles. The van der Waals surface area contributed by atoms with Crippen molar-refractivity contribution >= 4 is 5.97 Å². The highest BCUT2D eigenvalue weighted by Crippen LogP contribution is 2.31. The van der Waals surface area contributed by atoms with Crippen LogP contribution in [0.3, 0.4) is 0 Å². The highest BCUT2D eigenvalue weighted by molar-refractivity contribution is 5.67. The van der Waals surface area contributed by atoms with Crippen molar-refractivity contribution in [3.8, 4) is 0 Å². The topological polar surface area (TPSA) is 59.4 Å². The third-order valence-electron chi connectivity index (χ3n) is 1.69. The fourth-order valence-corrected chi connectivity index (χ4v) is 1.07. The van der Waals surface area contributed by atoms with E-state index in [1.165, 1.54) is 0 Å². The van der Waals surface area contributed by atoms with E-state index in [0.717, 1.165) is 18.5 Å². The summed E-state index contributed by atoms with van der Waals surface area (Å²) in [6.07, 6.45) is -2.47. The average molecular weight is 235 g/mol. The molecule has 0 fully saturated rings. The number of hydrogen-bond donors (Lipinski definition) is 1. The van der Waals surface area contributed by atoms with Gasteiger partial charge in [-0.2, -0.15) is 13.2 Å². The van der Waals surface area contributed by atoms with Crippen molar-refractivity contribution in [3.05, 3.63) is 29.6 Å². The van der Waals surface area contributed by atoms with Gasteiger partial charge in [-0.1, -0.05) is 0 Å². The zero-order valence-corrected chi connectivity index (χ0v) is 7.99. The predicted molar refractivity (Wildman–Crippen MR) is 46.5 cm³/mol. The van der Waals surface area contributed by atoms with Crippen LogP contribution < -0.4 is 0 Å². The van der Waals surface area contributed by atoms with Gasteiger partial charge in [0.2, 0.25) is 0 Å². The van der Waals surface area contributed by atoms with Crippen LogP contribution in [0.15, 0.2) is 18.5 Å². The van der Waals surface area contributed by atoms with Crippen LogP contribution in [0.25, 0.3) is 0 Å². The lowest BCUT2D eigenvalue weighted by Gasteiger charge is -2.11. The van der Waals surface area contributed by atoms with Crippen LogP contribution in [0.4, 0.5) is 13.2 Å². The summed E-state index contributed by atoms with van der Waals surface area (Å²) in [5.41, 5.74) is -1.05. The van der Waals surface area contributed by atoms with Gasteiger partial charge in [0.25, 0.3) is 0 Å². The summed E-state index contributed by atoms with van der Waals surface area (Å²) in [4.78, 5) is 13.6. The molecule has 1 rings (SSSR count). The molecular weight excluding hydrogens is 227 g/mol. The third-order valence-corrected chi connectivity index (χ3v) is 1.69. The number of halogens is 3. The summed E-state index contributed by atoms with van der Waals surface area (Å²) in [6, 6.07) is 0.819. The molecule has 4 nitrogen and oxygen atoms in total. The van der Waals surface area contributed by atoms with E-state index in [2.05, 4.69) is 9.72 Å². The molecule has 0 aromatic carbocycles. The summed E-state index contributed by atoms with van der Waals surface area (Å²) in [7, 11) is 0. The SMILES string of the molecule is O=C(O)COCc1cnccc1C(F)(F)F. The summed E-state index contributed by atoms with van der Waals surface area (Å²) < 4.78 is 41.9. The van der Waals surface area contributed by atoms with Gasteiger partial charge < -0.3 is 9.84 Å². The number of carbonyl (C=O) groups is 1. The molecule has 16 heavy (non-hydrogen) atoms. The first-order chi connectivity index (χ1) is 7.41. The summed E-state index contributed by atoms with van der Waals surface area (Å²) in [5, 5.41) is 8.26. The van der Waals surface area contributed by atoms with E-state index in [-0.39, 0.29) is 5.56 Å². The number of carboxylic acid groups (broad SMARTS) is 1. The van der Waals surface area contributed by atoms with Crippen molar-refractivity contribution in [1.29, 1.82) is 0 Å². The van der Waals surface area contributed by atoms with Gasteiger partial charge in [-0.25, -0.2) is 4.79 Å². The highest BCUT2D eigenvalue weighted by Gasteiger charge is 2.33. The van der Waals surface area contributed by atoms with Gasteiger partial charge in [-0.05, 0) is 6.07 Å². The minimum Gasteiger partial charge on any atom is -0.480 e. The van der Waals surface area contributed by atoms with Crippen molar-refractivity contribution < 1.29 is 27.8 Å². The van der Waals surface area contributed by atoms with Crippen molar-refractivity contribution in [2.24, 2.45) is 0 Å². The molecule has 0 aliphatic rings. The first-order valence-electron chi connectivity index (χ1n) is 4.21. The maximum Gasteiger partial charge on any atom is 0.416 e.